The summed E-state index contributed by atoms with van der Waals surface area (Å²) >= 11 is 0. The first-order chi connectivity index (χ1) is 14.2. The van der Waals surface area contributed by atoms with Crippen molar-refractivity contribution in [3.63, 3.8) is 0 Å². The molecule has 1 aromatic heterocycles. The van der Waals surface area contributed by atoms with E-state index in [0.29, 0.717) is 18.9 Å². The van der Waals surface area contributed by atoms with Gasteiger partial charge in [0, 0.05) is 25.5 Å². The van der Waals surface area contributed by atoms with E-state index < -0.39 is 41.9 Å². The standard InChI is InChI=1S/C19H17F5N2O4/c20-13-2-1-7-25-16(13)17(26(18(27)28)12-5-8-29-9-6-12)11-3-4-15(14(21)10-11)30-19(22,23)24/h1-4,7,10,12,17H,5-6,8-9H2,(H,27,28). The summed E-state index contributed by atoms with van der Waals surface area (Å²) in [6.07, 6.45) is -4.64. The minimum Gasteiger partial charge on any atom is -0.465 e. The molecule has 0 saturated carbocycles. The van der Waals surface area contributed by atoms with Gasteiger partial charge in [-0.25, -0.2) is 13.6 Å². The summed E-state index contributed by atoms with van der Waals surface area (Å²) in [5, 5.41) is 9.85. The van der Waals surface area contributed by atoms with Gasteiger partial charge in [-0.05, 0) is 42.7 Å². The maximum absolute atomic E-state index is 14.5. The molecular formula is C19H17F5N2O4. The fraction of sp³-hybridized carbons (Fsp3) is 0.368. The molecule has 1 aromatic carbocycles. The number of aromatic nitrogens is 1. The predicted molar refractivity (Wildman–Crippen MR) is 92.8 cm³/mol. The average Bonchev–Trinajstić information content (AvgIpc) is 2.68. The molecule has 30 heavy (non-hydrogen) atoms. The lowest BCUT2D eigenvalue weighted by Crippen LogP contribution is -2.45. The van der Waals surface area contributed by atoms with E-state index >= 15 is 0 Å². The highest BCUT2D eigenvalue weighted by Gasteiger charge is 2.37. The Kier molecular flexibility index (Phi) is 6.40. The van der Waals surface area contributed by atoms with Crippen molar-refractivity contribution in [2.45, 2.75) is 31.3 Å². The normalized spacial score (nSPS) is 16.2. The summed E-state index contributed by atoms with van der Waals surface area (Å²) in [5.74, 6) is -3.29. The van der Waals surface area contributed by atoms with Crippen LogP contribution in [0.4, 0.5) is 26.7 Å². The first kappa shape index (κ1) is 21.8. The largest absolute Gasteiger partial charge is 0.573 e. The third-order valence-electron chi connectivity index (χ3n) is 4.63. The lowest BCUT2D eigenvalue weighted by Gasteiger charge is -2.38. The summed E-state index contributed by atoms with van der Waals surface area (Å²) in [7, 11) is 0. The minimum atomic E-state index is -5.11. The van der Waals surface area contributed by atoms with E-state index in [2.05, 4.69) is 9.72 Å². The molecule has 11 heteroatoms. The molecule has 0 bridgehead atoms. The molecular weight excluding hydrogens is 415 g/mol. The van der Waals surface area contributed by atoms with Crippen molar-refractivity contribution in [2.24, 2.45) is 0 Å². The van der Waals surface area contributed by atoms with Crippen molar-refractivity contribution < 1.29 is 41.3 Å². The highest BCUT2D eigenvalue weighted by Crippen LogP contribution is 2.36. The highest BCUT2D eigenvalue weighted by atomic mass is 19.4. The van der Waals surface area contributed by atoms with Gasteiger partial charge in [0.25, 0.3) is 0 Å². The van der Waals surface area contributed by atoms with Gasteiger partial charge in [0.1, 0.15) is 17.6 Å². The zero-order chi connectivity index (χ0) is 21.9. The van der Waals surface area contributed by atoms with E-state index in [1.165, 1.54) is 12.3 Å². The Labute approximate surface area is 167 Å². The number of pyridine rings is 1. The number of benzene rings is 1. The second-order valence-electron chi connectivity index (χ2n) is 6.54. The summed E-state index contributed by atoms with van der Waals surface area (Å²) in [6, 6.07) is 2.86. The monoisotopic (exact) mass is 432 g/mol. The van der Waals surface area contributed by atoms with Gasteiger partial charge in [-0.3, -0.25) is 9.88 Å². The fourth-order valence-corrected chi connectivity index (χ4v) is 3.38. The van der Waals surface area contributed by atoms with E-state index in [0.717, 1.165) is 23.1 Å². The minimum absolute atomic E-state index is 0.0893. The summed E-state index contributed by atoms with van der Waals surface area (Å²) in [5.41, 5.74) is -0.385. The molecule has 1 saturated heterocycles. The molecule has 1 unspecified atom stereocenters. The van der Waals surface area contributed by atoms with Crippen LogP contribution in [0.25, 0.3) is 0 Å². The molecule has 2 heterocycles. The average molecular weight is 432 g/mol. The number of ether oxygens (including phenoxy) is 2. The van der Waals surface area contributed by atoms with Crippen LogP contribution in [0.5, 0.6) is 5.75 Å². The van der Waals surface area contributed by atoms with Crippen LogP contribution in [0.2, 0.25) is 0 Å². The van der Waals surface area contributed by atoms with Crippen molar-refractivity contribution >= 4 is 6.09 Å². The third kappa shape index (κ3) is 4.96. The van der Waals surface area contributed by atoms with Crippen LogP contribution in [0.3, 0.4) is 0 Å². The molecule has 1 N–H and O–H groups in total. The Morgan fingerprint density at radius 1 is 1.20 bits per heavy atom. The number of hydrogen-bond acceptors (Lipinski definition) is 4. The van der Waals surface area contributed by atoms with Crippen LogP contribution in [0, 0.1) is 11.6 Å². The summed E-state index contributed by atoms with van der Waals surface area (Å²) in [6.45, 7) is 0.553. The number of alkyl halides is 3. The van der Waals surface area contributed by atoms with Crippen molar-refractivity contribution in [3.8, 4) is 5.75 Å². The van der Waals surface area contributed by atoms with E-state index in [9.17, 15) is 31.9 Å². The van der Waals surface area contributed by atoms with Gasteiger partial charge in [0.05, 0.1) is 0 Å². The number of carbonyl (C=O) groups is 1. The zero-order valence-electron chi connectivity index (χ0n) is 15.4. The molecule has 3 rings (SSSR count). The second kappa shape index (κ2) is 8.82. The van der Waals surface area contributed by atoms with E-state index in [1.54, 1.807) is 0 Å². The van der Waals surface area contributed by atoms with Crippen LogP contribution < -0.4 is 4.74 Å². The van der Waals surface area contributed by atoms with Gasteiger partial charge < -0.3 is 14.6 Å². The van der Waals surface area contributed by atoms with Crippen LogP contribution in [-0.4, -0.2) is 46.7 Å². The Morgan fingerprint density at radius 2 is 1.90 bits per heavy atom. The number of carboxylic acid groups (broad SMARTS) is 1. The van der Waals surface area contributed by atoms with Crippen LogP contribution in [0.15, 0.2) is 36.5 Å². The first-order valence-electron chi connectivity index (χ1n) is 8.92. The maximum Gasteiger partial charge on any atom is 0.573 e. The van der Waals surface area contributed by atoms with Crippen molar-refractivity contribution in [2.75, 3.05) is 13.2 Å². The van der Waals surface area contributed by atoms with Crippen LogP contribution in [0.1, 0.15) is 30.1 Å². The van der Waals surface area contributed by atoms with Crippen molar-refractivity contribution in [1.29, 1.82) is 0 Å². The molecule has 0 aliphatic carbocycles. The fourth-order valence-electron chi connectivity index (χ4n) is 3.38. The lowest BCUT2D eigenvalue weighted by molar-refractivity contribution is -0.275. The molecule has 1 aliphatic heterocycles. The van der Waals surface area contributed by atoms with Crippen molar-refractivity contribution in [3.05, 3.63) is 59.4 Å². The van der Waals surface area contributed by atoms with Gasteiger partial charge in [-0.2, -0.15) is 0 Å². The van der Waals surface area contributed by atoms with E-state index in [1.807, 2.05) is 0 Å². The van der Waals surface area contributed by atoms with Gasteiger partial charge >= 0.3 is 12.5 Å². The molecule has 1 amide bonds. The van der Waals surface area contributed by atoms with E-state index in [4.69, 9.17) is 4.74 Å². The number of halogens is 5. The Balaban J connectivity index is 2.09. The van der Waals surface area contributed by atoms with Gasteiger partial charge in [0.2, 0.25) is 0 Å². The van der Waals surface area contributed by atoms with Gasteiger partial charge in [-0.1, -0.05) is 6.07 Å². The zero-order valence-corrected chi connectivity index (χ0v) is 15.4. The summed E-state index contributed by atoms with van der Waals surface area (Å²) in [4.78, 5) is 17.0. The van der Waals surface area contributed by atoms with Gasteiger partial charge in [-0.15, -0.1) is 13.2 Å². The maximum atomic E-state index is 14.5. The van der Waals surface area contributed by atoms with Crippen LogP contribution in [-0.2, 0) is 4.74 Å². The molecule has 6 nitrogen and oxygen atoms in total. The quantitative estimate of drug-likeness (QED) is 0.705. The Morgan fingerprint density at radius 3 is 2.47 bits per heavy atom. The third-order valence-corrected chi connectivity index (χ3v) is 4.63. The predicted octanol–water partition coefficient (Wildman–Crippen LogP) is 4.51. The molecule has 2 aromatic rings. The molecule has 1 aliphatic rings. The molecule has 0 spiro atoms. The summed E-state index contributed by atoms with van der Waals surface area (Å²) < 4.78 is 75.0. The highest BCUT2D eigenvalue weighted by molar-refractivity contribution is 5.67. The number of amides is 1. The number of rotatable bonds is 5. The van der Waals surface area contributed by atoms with E-state index in [-0.39, 0.29) is 24.5 Å². The molecule has 162 valence electrons. The van der Waals surface area contributed by atoms with Gasteiger partial charge in [0.15, 0.2) is 11.6 Å². The Bertz CT molecular complexity index is 903. The topological polar surface area (TPSA) is 71.9 Å². The molecule has 1 atom stereocenters. The molecule has 1 fully saturated rings. The second-order valence-corrected chi connectivity index (χ2v) is 6.54. The lowest BCUT2D eigenvalue weighted by atomic mass is 9.96. The number of hydrogen-bond donors (Lipinski definition) is 1. The Hall–Kier alpha value is -2.95. The van der Waals surface area contributed by atoms with Crippen LogP contribution >= 0.6 is 0 Å². The SMILES string of the molecule is O=C(O)N(C1CCOCC1)C(c1ccc(OC(F)(F)F)c(F)c1)c1ncccc1F. The smallest absolute Gasteiger partial charge is 0.465 e. The first-order valence-corrected chi connectivity index (χ1v) is 8.92. The molecule has 0 radical (unpaired) electrons. The number of nitrogens with zero attached hydrogens (tertiary/aromatic N) is 2. The van der Waals surface area contributed by atoms with Crippen molar-refractivity contribution in [1.82, 2.24) is 9.88 Å².